The Kier molecular flexibility index (Phi) is 5.22. The molecule has 2 aliphatic rings. The molecule has 0 radical (unpaired) electrons. The van der Waals surface area contributed by atoms with Crippen molar-refractivity contribution in [1.82, 2.24) is 9.55 Å². The number of aromatic nitrogens is 2. The number of nitrogens with one attached hydrogen (secondary N) is 1. The van der Waals surface area contributed by atoms with Gasteiger partial charge in [-0.1, -0.05) is 12.1 Å². The zero-order valence-corrected chi connectivity index (χ0v) is 17.8. The lowest BCUT2D eigenvalue weighted by Crippen LogP contribution is -2.37. The molecule has 1 aromatic heterocycles. The number of ether oxygens (including phenoxy) is 1. The third-order valence-corrected chi connectivity index (χ3v) is 6.05. The maximum atomic E-state index is 13.4. The SMILES string of the molecule is CC(=O)c1ccc(NC(=O)C[C@@H]2C(=O)N(C[C@H]3CCCO3)c3nc4ccccc4n32)cc1. The van der Waals surface area contributed by atoms with Crippen LogP contribution in [0.25, 0.3) is 11.0 Å². The number of para-hydroxylation sites is 2. The number of nitrogens with zero attached hydrogens (tertiary/aromatic N) is 3. The van der Waals surface area contributed by atoms with Crippen LogP contribution < -0.4 is 10.2 Å². The number of hydrogen-bond donors (Lipinski definition) is 1. The van der Waals surface area contributed by atoms with Gasteiger partial charge in [0.25, 0.3) is 5.91 Å². The van der Waals surface area contributed by atoms with Crippen molar-refractivity contribution in [2.24, 2.45) is 0 Å². The summed E-state index contributed by atoms with van der Waals surface area (Å²) < 4.78 is 7.61. The highest BCUT2D eigenvalue weighted by atomic mass is 16.5. The summed E-state index contributed by atoms with van der Waals surface area (Å²) >= 11 is 0. The molecular weight excluding hydrogens is 408 g/mol. The number of rotatable bonds is 6. The molecule has 2 aromatic carbocycles. The summed E-state index contributed by atoms with van der Waals surface area (Å²) in [6, 6.07) is 13.7. The second-order valence-electron chi connectivity index (χ2n) is 8.26. The van der Waals surface area contributed by atoms with Crippen LogP contribution in [-0.2, 0) is 14.3 Å². The zero-order chi connectivity index (χ0) is 22.2. The Labute approximate surface area is 185 Å². The minimum Gasteiger partial charge on any atom is -0.376 e. The number of carbonyl (C=O) groups excluding carboxylic acids is 3. The van der Waals surface area contributed by atoms with E-state index in [4.69, 9.17) is 4.74 Å². The van der Waals surface area contributed by atoms with E-state index < -0.39 is 6.04 Å². The fourth-order valence-electron chi connectivity index (χ4n) is 4.44. The van der Waals surface area contributed by atoms with Crippen LogP contribution >= 0.6 is 0 Å². The Hall–Kier alpha value is -3.52. The third-order valence-electron chi connectivity index (χ3n) is 6.05. The van der Waals surface area contributed by atoms with Crippen molar-refractivity contribution >= 4 is 40.3 Å². The lowest BCUT2D eigenvalue weighted by Gasteiger charge is -2.19. The molecule has 8 heteroatoms. The first kappa shape index (κ1) is 20.4. The zero-order valence-electron chi connectivity index (χ0n) is 17.8. The van der Waals surface area contributed by atoms with Crippen LogP contribution in [0.2, 0.25) is 0 Å². The molecule has 1 fully saturated rings. The molecule has 0 bridgehead atoms. The predicted molar refractivity (Wildman–Crippen MR) is 120 cm³/mol. The van der Waals surface area contributed by atoms with Crippen molar-refractivity contribution in [2.75, 3.05) is 23.4 Å². The molecule has 5 rings (SSSR count). The molecule has 1 N–H and O–H groups in total. The smallest absolute Gasteiger partial charge is 0.253 e. The van der Waals surface area contributed by atoms with E-state index in [0.29, 0.717) is 30.4 Å². The molecular formula is C24H24N4O4. The number of hydrogen-bond acceptors (Lipinski definition) is 5. The number of amides is 2. The Morgan fingerprint density at radius 1 is 1.16 bits per heavy atom. The van der Waals surface area contributed by atoms with Crippen LogP contribution in [0.4, 0.5) is 11.6 Å². The topological polar surface area (TPSA) is 93.5 Å². The van der Waals surface area contributed by atoms with Gasteiger partial charge in [0.1, 0.15) is 6.04 Å². The third kappa shape index (κ3) is 3.67. The van der Waals surface area contributed by atoms with Crippen molar-refractivity contribution in [3.05, 3.63) is 54.1 Å². The molecule has 3 aromatic rings. The Morgan fingerprint density at radius 3 is 2.66 bits per heavy atom. The van der Waals surface area contributed by atoms with Gasteiger partial charge >= 0.3 is 0 Å². The van der Waals surface area contributed by atoms with Gasteiger partial charge in [0, 0.05) is 17.9 Å². The molecule has 0 saturated carbocycles. The fourth-order valence-corrected chi connectivity index (χ4v) is 4.44. The van der Waals surface area contributed by atoms with Crippen molar-refractivity contribution in [1.29, 1.82) is 0 Å². The average Bonchev–Trinajstić information content (AvgIpc) is 3.48. The molecule has 2 aliphatic heterocycles. The van der Waals surface area contributed by atoms with Gasteiger partial charge in [0.15, 0.2) is 5.78 Å². The quantitative estimate of drug-likeness (QED) is 0.603. The molecule has 0 unspecified atom stereocenters. The van der Waals surface area contributed by atoms with E-state index in [1.807, 2.05) is 28.8 Å². The maximum Gasteiger partial charge on any atom is 0.253 e. The van der Waals surface area contributed by atoms with E-state index in [9.17, 15) is 14.4 Å². The first-order valence-electron chi connectivity index (χ1n) is 10.8. The Morgan fingerprint density at radius 2 is 1.94 bits per heavy atom. The summed E-state index contributed by atoms with van der Waals surface area (Å²) in [7, 11) is 0. The van der Waals surface area contributed by atoms with Gasteiger partial charge < -0.3 is 10.1 Å². The number of benzene rings is 2. The van der Waals surface area contributed by atoms with Gasteiger partial charge in [-0.25, -0.2) is 4.98 Å². The fraction of sp³-hybridized carbons (Fsp3) is 0.333. The highest BCUT2D eigenvalue weighted by Crippen LogP contribution is 2.37. The summed E-state index contributed by atoms with van der Waals surface area (Å²) in [4.78, 5) is 44.0. The number of fused-ring (bicyclic) bond motifs is 3. The van der Waals surface area contributed by atoms with Crippen molar-refractivity contribution in [2.45, 2.75) is 38.3 Å². The minimum atomic E-state index is -0.671. The first-order valence-corrected chi connectivity index (χ1v) is 10.8. The van der Waals surface area contributed by atoms with E-state index in [-0.39, 0.29) is 30.1 Å². The second kappa shape index (κ2) is 8.20. The lowest BCUT2D eigenvalue weighted by molar-refractivity contribution is -0.124. The maximum absolute atomic E-state index is 13.4. The summed E-state index contributed by atoms with van der Waals surface area (Å²) in [5.41, 5.74) is 2.78. The Bertz CT molecular complexity index is 1190. The first-order chi connectivity index (χ1) is 15.5. The van der Waals surface area contributed by atoms with E-state index in [2.05, 4.69) is 10.3 Å². The summed E-state index contributed by atoms with van der Waals surface area (Å²) in [6.07, 6.45) is 1.87. The molecule has 32 heavy (non-hydrogen) atoms. The predicted octanol–water partition coefficient (Wildman–Crippen LogP) is 3.33. The monoisotopic (exact) mass is 432 g/mol. The van der Waals surface area contributed by atoms with Gasteiger partial charge in [-0.3, -0.25) is 23.9 Å². The van der Waals surface area contributed by atoms with Crippen LogP contribution in [0.1, 0.15) is 42.6 Å². The normalized spacial score (nSPS) is 20.0. The van der Waals surface area contributed by atoms with Crippen molar-refractivity contribution < 1.29 is 19.1 Å². The average molecular weight is 432 g/mol. The van der Waals surface area contributed by atoms with Crippen LogP contribution in [0.3, 0.4) is 0 Å². The molecule has 0 spiro atoms. The minimum absolute atomic E-state index is 0.0112. The van der Waals surface area contributed by atoms with Gasteiger partial charge in [-0.15, -0.1) is 0 Å². The number of carbonyl (C=O) groups is 3. The van der Waals surface area contributed by atoms with E-state index in [1.165, 1.54) is 6.92 Å². The molecule has 8 nitrogen and oxygen atoms in total. The number of anilines is 2. The van der Waals surface area contributed by atoms with Gasteiger partial charge in [-0.2, -0.15) is 0 Å². The van der Waals surface area contributed by atoms with E-state index in [0.717, 1.165) is 23.9 Å². The molecule has 1 saturated heterocycles. The highest BCUT2D eigenvalue weighted by Gasteiger charge is 2.42. The number of imidazole rings is 1. The molecule has 2 amide bonds. The van der Waals surface area contributed by atoms with Crippen LogP contribution in [-0.4, -0.2) is 46.4 Å². The second-order valence-corrected chi connectivity index (χ2v) is 8.26. The summed E-state index contributed by atoms with van der Waals surface area (Å²) in [5, 5.41) is 2.84. The Balaban J connectivity index is 1.40. The highest BCUT2D eigenvalue weighted by molar-refractivity contribution is 6.05. The van der Waals surface area contributed by atoms with Gasteiger partial charge in [0.05, 0.1) is 30.1 Å². The largest absolute Gasteiger partial charge is 0.376 e. The number of ketones is 1. The molecule has 2 atom stereocenters. The molecule has 164 valence electrons. The molecule has 3 heterocycles. The van der Waals surface area contributed by atoms with Crippen LogP contribution in [0.5, 0.6) is 0 Å². The van der Waals surface area contributed by atoms with Crippen molar-refractivity contribution in [3.63, 3.8) is 0 Å². The summed E-state index contributed by atoms with van der Waals surface area (Å²) in [6.45, 7) is 2.64. The summed E-state index contributed by atoms with van der Waals surface area (Å²) in [5.74, 6) is 0.109. The number of Topliss-reactive ketones (excluding diaryl/α,β-unsaturated/α-hetero) is 1. The van der Waals surface area contributed by atoms with Crippen LogP contribution in [0.15, 0.2) is 48.5 Å². The standard InChI is InChI=1S/C24H24N4O4/c1-15(29)16-8-10-17(11-9-16)25-22(30)13-21-23(31)27(14-18-5-4-12-32-18)24-26-19-6-2-3-7-20(19)28(21)24/h2-3,6-11,18,21H,4-5,12-14H2,1H3,(H,25,30)/t18-,21-/m1/s1. The van der Waals surface area contributed by atoms with Gasteiger partial charge in [-0.05, 0) is 56.2 Å². The van der Waals surface area contributed by atoms with E-state index >= 15 is 0 Å². The van der Waals surface area contributed by atoms with E-state index in [1.54, 1.807) is 29.2 Å². The molecule has 0 aliphatic carbocycles. The van der Waals surface area contributed by atoms with Crippen molar-refractivity contribution in [3.8, 4) is 0 Å². The van der Waals surface area contributed by atoms with Gasteiger partial charge in [0.2, 0.25) is 11.9 Å². The lowest BCUT2D eigenvalue weighted by atomic mass is 10.1. The van der Waals surface area contributed by atoms with Crippen LogP contribution in [0, 0.1) is 0 Å².